The molecule has 0 aromatic heterocycles. The predicted octanol–water partition coefficient (Wildman–Crippen LogP) is 1.73. The van der Waals surface area contributed by atoms with Crippen LogP contribution in [0.1, 0.15) is 11.1 Å². The van der Waals surface area contributed by atoms with Crippen molar-refractivity contribution in [2.45, 2.75) is 6.61 Å². The largest absolute Gasteiger partial charge is 0.494 e. The van der Waals surface area contributed by atoms with E-state index in [-0.39, 0.29) is 5.69 Å². The molecule has 7 heteroatoms. The molecule has 6 nitrogen and oxygen atoms in total. The summed E-state index contributed by atoms with van der Waals surface area (Å²) in [5, 5.41) is 10.7. The molecule has 0 aliphatic carbocycles. The number of nitro benzene ring substituents is 1. The third-order valence-corrected chi connectivity index (χ3v) is 2.67. The van der Waals surface area contributed by atoms with Crippen LogP contribution < -0.4 is 0 Å². The van der Waals surface area contributed by atoms with Gasteiger partial charge in [0.05, 0.1) is 10.6 Å². The maximum atomic E-state index is 10.7. The van der Waals surface area contributed by atoms with Gasteiger partial charge in [-0.05, 0) is 11.6 Å². The van der Waals surface area contributed by atoms with E-state index in [1.54, 1.807) is 6.07 Å². The van der Waals surface area contributed by atoms with Gasteiger partial charge in [-0.1, -0.05) is 12.8 Å². The van der Waals surface area contributed by atoms with Crippen LogP contribution in [0.5, 0.6) is 0 Å². The van der Waals surface area contributed by atoms with E-state index in [0.29, 0.717) is 24.3 Å². The molecule has 0 saturated carbocycles. The smallest absolute Gasteiger partial charge is 0.270 e. The van der Waals surface area contributed by atoms with Crippen LogP contribution in [-0.2, 0) is 16.1 Å². The summed E-state index contributed by atoms with van der Waals surface area (Å²) in [6.45, 7) is 0.317. The molecule has 0 fully saturated rings. The molecule has 0 spiro atoms. The van der Waals surface area contributed by atoms with Crippen molar-refractivity contribution in [3.63, 3.8) is 0 Å². The molecule has 0 saturated heterocycles. The van der Waals surface area contributed by atoms with Gasteiger partial charge in [-0.15, -0.1) is 0 Å². The lowest BCUT2D eigenvalue weighted by molar-refractivity contribution is -0.384. The van der Waals surface area contributed by atoms with Crippen LogP contribution in [0.4, 0.5) is 5.69 Å². The number of hydrogen-bond acceptors (Lipinski definition) is 5. The van der Waals surface area contributed by atoms with E-state index in [0.717, 1.165) is 9.87 Å². The average Bonchev–Trinajstić information content (AvgIpc) is 2.36. The zero-order valence-electron chi connectivity index (χ0n) is 8.57. The number of rotatable bonds is 3. The van der Waals surface area contributed by atoms with Crippen molar-refractivity contribution in [3.05, 3.63) is 45.7 Å². The van der Waals surface area contributed by atoms with Crippen molar-refractivity contribution in [1.29, 1.82) is 0 Å². The Morgan fingerprint density at radius 2 is 2.29 bits per heavy atom. The first-order valence-electron chi connectivity index (χ1n) is 4.66. The Kier molecular flexibility index (Phi) is 3.01. The summed E-state index contributed by atoms with van der Waals surface area (Å²) in [5.41, 5.74) is 1.69. The second kappa shape index (κ2) is 4.46. The van der Waals surface area contributed by atoms with Gasteiger partial charge in [-0.2, -0.15) is 0 Å². The molecule has 1 aliphatic heterocycles. The third-order valence-electron chi connectivity index (χ3n) is 2.36. The summed E-state index contributed by atoms with van der Waals surface area (Å²) in [4.78, 5) is 20.8. The molecule has 2 rings (SSSR count). The lowest BCUT2D eigenvalue weighted by Gasteiger charge is -2.21. The predicted molar refractivity (Wildman–Crippen MR) is 62.8 cm³/mol. The number of nitro groups is 1. The van der Waals surface area contributed by atoms with E-state index < -0.39 is 4.92 Å². The molecular weight excluding hydrogens is 244 g/mol. The first kappa shape index (κ1) is 11.5. The standard InChI is InChI=1S/C10H8N2O4S/c13-6-11(17)10-5-16-4-7-1-2-8(12(14)15)3-9(7)10/h1-3,5-6,17H,4H2. The number of hydrogen-bond donors (Lipinski definition) is 1. The normalized spacial score (nSPS) is 13.1. The number of nitrogens with zero attached hydrogens (tertiary/aromatic N) is 2. The molecular formula is C10H8N2O4S. The Labute approximate surface area is 102 Å². The Bertz CT molecular complexity index is 515. The summed E-state index contributed by atoms with van der Waals surface area (Å²) in [6.07, 6.45) is 1.85. The number of fused-ring (bicyclic) bond motifs is 1. The quantitative estimate of drug-likeness (QED) is 0.385. The van der Waals surface area contributed by atoms with Gasteiger partial charge in [0.25, 0.3) is 5.69 Å². The Balaban J connectivity index is 2.51. The summed E-state index contributed by atoms with van der Waals surface area (Å²) >= 11 is 3.93. The number of carbonyl (C=O) groups excluding carboxylic acids is 1. The van der Waals surface area contributed by atoms with E-state index in [1.165, 1.54) is 18.4 Å². The fourth-order valence-corrected chi connectivity index (χ4v) is 1.71. The van der Waals surface area contributed by atoms with Gasteiger partial charge in [-0.3, -0.25) is 19.2 Å². The molecule has 88 valence electrons. The molecule has 17 heavy (non-hydrogen) atoms. The minimum atomic E-state index is -0.489. The molecule has 1 heterocycles. The molecule has 0 unspecified atom stereocenters. The van der Waals surface area contributed by atoms with Gasteiger partial charge < -0.3 is 4.74 Å². The van der Waals surface area contributed by atoms with Crippen molar-refractivity contribution >= 4 is 30.6 Å². The van der Waals surface area contributed by atoms with Crippen LogP contribution in [0, 0.1) is 10.1 Å². The molecule has 1 aromatic rings. The number of ether oxygens (including phenoxy) is 1. The van der Waals surface area contributed by atoms with Gasteiger partial charge >= 0.3 is 0 Å². The lowest BCUT2D eigenvalue weighted by Crippen LogP contribution is -2.14. The zero-order chi connectivity index (χ0) is 12.4. The van der Waals surface area contributed by atoms with Crippen LogP contribution >= 0.6 is 12.8 Å². The SMILES string of the molecule is O=CN(S)C1=COCc2ccc([N+](=O)[O-])cc21. The molecule has 1 aromatic carbocycles. The zero-order valence-corrected chi connectivity index (χ0v) is 9.46. The number of thiol groups is 1. The van der Waals surface area contributed by atoms with E-state index in [2.05, 4.69) is 12.8 Å². The number of non-ortho nitro benzene ring substituents is 1. The average molecular weight is 252 g/mol. The topological polar surface area (TPSA) is 72.7 Å². The Hall–Kier alpha value is -2.02. The number of benzene rings is 1. The van der Waals surface area contributed by atoms with E-state index in [1.807, 2.05) is 0 Å². The van der Waals surface area contributed by atoms with E-state index in [9.17, 15) is 14.9 Å². The lowest BCUT2D eigenvalue weighted by atomic mass is 10.0. The fraction of sp³-hybridized carbons (Fsp3) is 0.100. The monoisotopic (exact) mass is 252 g/mol. The van der Waals surface area contributed by atoms with Crippen molar-refractivity contribution in [2.24, 2.45) is 0 Å². The minimum Gasteiger partial charge on any atom is -0.494 e. The van der Waals surface area contributed by atoms with Crippen molar-refractivity contribution < 1.29 is 14.5 Å². The van der Waals surface area contributed by atoms with Gasteiger partial charge in [0.15, 0.2) is 0 Å². The van der Waals surface area contributed by atoms with Crippen molar-refractivity contribution in [2.75, 3.05) is 0 Å². The highest BCUT2D eigenvalue weighted by molar-refractivity contribution is 7.78. The first-order valence-corrected chi connectivity index (χ1v) is 5.06. The molecule has 0 bridgehead atoms. The van der Waals surface area contributed by atoms with Crippen LogP contribution in [0.3, 0.4) is 0 Å². The van der Waals surface area contributed by atoms with Crippen LogP contribution in [0.15, 0.2) is 24.5 Å². The van der Waals surface area contributed by atoms with E-state index >= 15 is 0 Å². The van der Waals surface area contributed by atoms with Crippen LogP contribution in [0.2, 0.25) is 0 Å². The molecule has 0 N–H and O–H groups in total. The highest BCUT2D eigenvalue weighted by atomic mass is 32.1. The highest BCUT2D eigenvalue weighted by Crippen LogP contribution is 2.31. The van der Waals surface area contributed by atoms with Crippen LogP contribution in [0.25, 0.3) is 5.70 Å². The third kappa shape index (κ3) is 2.09. The summed E-state index contributed by atoms with van der Waals surface area (Å²) in [7, 11) is 0. The molecule has 0 atom stereocenters. The summed E-state index contributed by atoms with van der Waals surface area (Å²) in [5.74, 6) is 0. The Morgan fingerprint density at radius 1 is 1.53 bits per heavy atom. The molecule has 1 amide bonds. The van der Waals surface area contributed by atoms with Gasteiger partial charge in [0.1, 0.15) is 12.9 Å². The van der Waals surface area contributed by atoms with Gasteiger partial charge in [0, 0.05) is 17.7 Å². The number of amides is 1. The molecule has 0 radical (unpaired) electrons. The minimum absolute atomic E-state index is 0.0378. The van der Waals surface area contributed by atoms with Crippen LogP contribution in [-0.4, -0.2) is 15.6 Å². The fourth-order valence-electron chi connectivity index (χ4n) is 1.55. The van der Waals surface area contributed by atoms with Crippen molar-refractivity contribution in [3.8, 4) is 0 Å². The van der Waals surface area contributed by atoms with Gasteiger partial charge in [-0.25, -0.2) is 0 Å². The molecule has 1 aliphatic rings. The van der Waals surface area contributed by atoms with Crippen molar-refractivity contribution in [1.82, 2.24) is 4.31 Å². The summed E-state index contributed by atoms with van der Waals surface area (Å²) in [6, 6.07) is 4.40. The maximum Gasteiger partial charge on any atom is 0.270 e. The second-order valence-electron chi connectivity index (χ2n) is 3.36. The first-order chi connectivity index (χ1) is 8.13. The van der Waals surface area contributed by atoms with Gasteiger partial charge in [0.2, 0.25) is 6.41 Å². The summed E-state index contributed by atoms with van der Waals surface area (Å²) < 4.78 is 6.17. The van der Waals surface area contributed by atoms with E-state index in [4.69, 9.17) is 4.74 Å². The highest BCUT2D eigenvalue weighted by Gasteiger charge is 2.20. The maximum absolute atomic E-state index is 10.7. The second-order valence-corrected chi connectivity index (χ2v) is 3.79. The Morgan fingerprint density at radius 3 is 2.94 bits per heavy atom. The number of carbonyl (C=O) groups is 1.